The van der Waals surface area contributed by atoms with E-state index in [1.165, 1.54) is 12.1 Å². The molecule has 0 radical (unpaired) electrons. The van der Waals surface area contributed by atoms with E-state index in [1.54, 1.807) is 0 Å². The van der Waals surface area contributed by atoms with E-state index < -0.39 is 11.7 Å². The van der Waals surface area contributed by atoms with Crippen LogP contribution in [0, 0.1) is 0 Å². The van der Waals surface area contributed by atoms with E-state index >= 15 is 0 Å². The lowest BCUT2D eigenvalue weighted by Gasteiger charge is -2.09. The summed E-state index contributed by atoms with van der Waals surface area (Å²) in [5.74, 6) is 0. The van der Waals surface area contributed by atoms with Crippen molar-refractivity contribution in [1.29, 1.82) is 0 Å². The van der Waals surface area contributed by atoms with Crippen LogP contribution < -0.4 is 5.32 Å². The van der Waals surface area contributed by atoms with E-state index in [0.29, 0.717) is 6.42 Å². The minimum Gasteiger partial charge on any atom is -0.319 e. The van der Waals surface area contributed by atoms with E-state index in [9.17, 15) is 13.2 Å². The normalized spacial score (nSPS) is 11.5. The second kappa shape index (κ2) is 5.87. The Morgan fingerprint density at radius 3 is 2.29 bits per heavy atom. The van der Waals surface area contributed by atoms with E-state index in [-0.39, 0.29) is 0 Å². The molecule has 0 aromatic heterocycles. The number of rotatable bonds is 5. The molecule has 0 bridgehead atoms. The Labute approximate surface area is 99.3 Å². The van der Waals surface area contributed by atoms with Crippen molar-refractivity contribution in [3.63, 3.8) is 0 Å². The molecule has 0 unspecified atom stereocenters. The van der Waals surface area contributed by atoms with Crippen LogP contribution in [0.3, 0.4) is 0 Å². The Kier molecular flexibility index (Phi) is 4.75. The van der Waals surface area contributed by atoms with Gasteiger partial charge in [-0.1, -0.05) is 24.3 Å². The second-order valence-corrected chi connectivity index (χ2v) is 3.98. The Hall–Kier alpha value is -1.29. The predicted octanol–water partition coefficient (Wildman–Crippen LogP) is 3.41. The zero-order chi connectivity index (χ0) is 12.9. The summed E-state index contributed by atoms with van der Waals surface area (Å²) in [6.45, 7) is 4.73. The van der Waals surface area contributed by atoms with Gasteiger partial charge in [-0.2, -0.15) is 13.2 Å². The predicted molar refractivity (Wildman–Crippen MR) is 62.8 cm³/mol. The molecule has 17 heavy (non-hydrogen) atoms. The van der Waals surface area contributed by atoms with Crippen LogP contribution in [0.25, 0.3) is 0 Å². The molecule has 0 spiro atoms. The number of alkyl halides is 3. The SMILES string of the molecule is C=C(CCNC)Cc1ccc(C(F)(F)F)cc1. The van der Waals surface area contributed by atoms with Gasteiger partial charge < -0.3 is 5.32 Å². The summed E-state index contributed by atoms with van der Waals surface area (Å²) in [5.41, 5.74) is 1.26. The van der Waals surface area contributed by atoms with Crippen LogP contribution >= 0.6 is 0 Å². The highest BCUT2D eigenvalue weighted by atomic mass is 19.4. The van der Waals surface area contributed by atoms with Crippen LogP contribution in [0.1, 0.15) is 17.5 Å². The molecular formula is C13H16F3N. The largest absolute Gasteiger partial charge is 0.416 e. The molecular weight excluding hydrogens is 227 g/mol. The number of hydrogen-bond acceptors (Lipinski definition) is 1. The number of hydrogen-bond donors (Lipinski definition) is 1. The molecule has 0 atom stereocenters. The highest BCUT2D eigenvalue weighted by Crippen LogP contribution is 2.29. The standard InChI is InChI=1S/C13H16F3N/c1-10(7-8-17-2)9-11-3-5-12(6-4-11)13(14,15)16/h3-6,17H,1,7-9H2,2H3. The Morgan fingerprint density at radius 2 is 1.82 bits per heavy atom. The van der Waals surface area contributed by atoms with Crippen molar-refractivity contribution in [3.05, 3.63) is 47.5 Å². The molecule has 0 saturated heterocycles. The maximum Gasteiger partial charge on any atom is 0.416 e. The van der Waals surface area contributed by atoms with E-state index in [4.69, 9.17) is 0 Å². The second-order valence-electron chi connectivity index (χ2n) is 3.98. The number of halogens is 3. The fourth-order valence-electron chi connectivity index (χ4n) is 1.49. The first-order chi connectivity index (χ1) is 7.93. The monoisotopic (exact) mass is 243 g/mol. The quantitative estimate of drug-likeness (QED) is 0.781. The van der Waals surface area contributed by atoms with Gasteiger partial charge in [0.2, 0.25) is 0 Å². The van der Waals surface area contributed by atoms with E-state index in [0.717, 1.165) is 36.2 Å². The van der Waals surface area contributed by atoms with Gasteiger partial charge in [-0.05, 0) is 44.1 Å². The zero-order valence-electron chi connectivity index (χ0n) is 9.77. The highest BCUT2D eigenvalue weighted by Gasteiger charge is 2.29. The number of benzene rings is 1. The molecule has 0 aliphatic rings. The van der Waals surface area contributed by atoms with Gasteiger partial charge in [0.05, 0.1) is 5.56 Å². The molecule has 0 aliphatic heterocycles. The fourth-order valence-corrected chi connectivity index (χ4v) is 1.49. The molecule has 1 aromatic carbocycles. The summed E-state index contributed by atoms with van der Waals surface area (Å²) in [6, 6.07) is 5.24. The summed E-state index contributed by atoms with van der Waals surface area (Å²) in [4.78, 5) is 0. The van der Waals surface area contributed by atoms with Gasteiger partial charge in [0.25, 0.3) is 0 Å². The van der Waals surface area contributed by atoms with Gasteiger partial charge in [-0.15, -0.1) is 0 Å². The summed E-state index contributed by atoms with van der Waals surface area (Å²) in [6.07, 6.45) is -2.81. The Bertz CT molecular complexity index is 365. The zero-order valence-corrected chi connectivity index (χ0v) is 9.77. The first-order valence-corrected chi connectivity index (χ1v) is 5.41. The minimum atomic E-state index is -4.26. The molecule has 0 amide bonds. The van der Waals surface area contributed by atoms with Crippen molar-refractivity contribution < 1.29 is 13.2 Å². The molecule has 4 heteroatoms. The molecule has 1 aromatic rings. The summed E-state index contributed by atoms with van der Waals surface area (Å²) >= 11 is 0. The van der Waals surface area contributed by atoms with Crippen LogP contribution in [0.2, 0.25) is 0 Å². The maximum absolute atomic E-state index is 12.3. The molecule has 0 fully saturated rings. The van der Waals surface area contributed by atoms with Crippen molar-refractivity contribution >= 4 is 0 Å². The van der Waals surface area contributed by atoms with Crippen molar-refractivity contribution in [2.75, 3.05) is 13.6 Å². The summed E-state index contributed by atoms with van der Waals surface area (Å²) < 4.78 is 37.0. The smallest absolute Gasteiger partial charge is 0.319 e. The third-order valence-corrected chi connectivity index (χ3v) is 2.46. The van der Waals surface area contributed by atoms with Gasteiger partial charge in [0.15, 0.2) is 0 Å². The van der Waals surface area contributed by atoms with Gasteiger partial charge >= 0.3 is 6.18 Å². The molecule has 1 nitrogen and oxygen atoms in total. The Morgan fingerprint density at radius 1 is 1.24 bits per heavy atom. The lowest BCUT2D eigenvalue weighted by molar-refractivity contribution is -0.137. The van der Waals surface area contributed by atoms with E-state index in [2.05, 4.69) is 11.9 Å². The van der Waals surface area contributed by atoms with Crippen LogP contribution in [-0.2, 0) is 12.6 Å². The average molecular weight is 243 g/mol. The van der Waals surface area contributed by atoms with Gasteiger partial charge in [-0.3, -0.25) is 0 Å². The van der Waals surface area contributed by atoms with Crippen molar-refractivity contribution in [2.45, 2.75) is 19.0 Å². The molecule has 1 rings (SSSR count). The first-order valence-electron chi connectivity index (χ1n) is 5.41. The topological polar surface area (TPSA) is 12.0 Å². The number of nitrogens with one attached hydrogen (secondary N) is 1. The van der Waals surface area contributed by atoms with Crippen molar-refractivity contribution in [3.8, 4) is 0 Å². The summed E-state index contributed by atoms with van der Waals surface area (Å²) in [7, 11) is 1.85. The van der Waals surface area contributed by atoms with Gasteiger partial charge in [-0.25, -0.2) is 0 Å². The molecule has 1 N–H and O–H groups in total. The average Bonchev–Trinajstić information content (AvgIpc) is 2.26. The van der Waals surface area contributed by atoms with Crippen LogP contribution in [-0.4, -0.2) is 13.6 Å². The van der Waals surface area contributed by atoms with E-state index in [1.807, 2.05) is 7.05 Å². The lowest BCUT2D eigenvalue weighted by Crippen LogP contribution is -2.09. The summed E-state index contributed by atoms with van der Waals surface area (Å²) in [5, 5.41) is 3.00. The first kappa shape index (κ1) is 13.8. The van der Waals surface area contributed by atoms with Crippen LogP contribution in [0.5, 0.6) is 0 Å². The van der Waals surface area contributed by atoms with Gasteiger partial charge in [0.1, 0.15) is 0 Å². The highest BCUT2D eigenvalue weighted by molar-refractivity contribution is 5.27. The maximum atomic E-state index is 12.3. The van der Waals surface area contributed by atoms with Gasteiger partial charge in [0, 0.05) is 0 Å². The third kappa shape index (κ3) is 4.61. The third-order valence-electron chi connectivity index (χ3n) is 2.46. The van der Waals surface area contributed by atoms with Crippen LogP contribution in [0.15, 0.2) is 36.4 Å². The molecule has 0 heterocycles. The lowest BCUT2D eigenvalue weighted by atomic mass is 10.0. The minimum absolute atomic E-state index is 0.609. The van der Waals surface area contributed by atoms with Crippen molar-refractivity contribution in [2.24, 2.45) is 0 Å². The molecule has 0 saturated carbocycles. The molecule has 94 valence electrons. The Balaban J connectivity index is 2.60. The van der Waals surface area contributed by atoms with Crippen LogP contribution in [0.4, 0.5) is 13.2 Å². The fraction of sp³-hybridized carbons (Fsp3) is 0.385. The van der Waals surface area contributed by atoms with Crippen molar-refractivity contribution in [1.82, 2.24) is 5.32 Å². The molecule has 0 aliphatic carbocycles.